The summed E-state index contributed by atoms with van der Waals surface area (Å²) in [6, 6.07) is 10.4. The average molecular weight is 667 g/mol. The summed E-state index contributed by atoms with van der Waals surface area (Å²) in [5.41, 5.74) is 1.13. The minimum Gasteiger partial charge on any atom is -0.507 e. The van der Waals surface area contributed by atoms with Gasteiger partial charge in [0.25, 0.3) is 0 Å². The zero-order valence-electron chi connectivity index (χ0n) is 30.2. The van der Waals surface area contributed by atoms with Crippen LogP contribution in [0.25, 0.3) is 0 Å². The van der Waals surface area contributed by atoms with Crippen LogP contribution in [0, 0.1) is 0 Å². The second-order valence-electron chi connectivity index (χ2n) is 13.1. The van der Waals surface area contributed by atoms with Crippen LogP contribution in [-0.4, -0.2) is 60.2 Å². The van der Waals surface area contributed by atoms with Gasteiger partial charge >= 0.3 is 0 Å². The Morgan fingerprint density at radius 3 is 1.19 bits per heavy atom. The maximum atomic E-state index is 10.4. The molecule has 7 heteroatoms. The first-order valence-corrected chi connectivity index (χ1v) is 19.1. The first-order chi connectivity index (χ1) is 23.5. The van der Waals surface area contributed by atoms with Crippen LogP contribution in [0.3, 0.4) is 0 Å². The topological polar surface area (TPSA) is 104 Å². The summed E-state index contributed by atoms with van der Waals surface area (Å²) >= 11 is 0. The van der Waals surface area contributed by atoms with Crippen LogP contribution in [0.5, 0.6) is 23.0 Å². The van der Waals surface area contributed by atoms with Gasteiger partial charge in [-0.3, -0.25) is 9.98 Å². The molecule has 270 valence electrons. The molecular weight excluding hydrogens is 600 g/mol. The van der Waals surface area contributed by atoms with Crippen LogP contribution >= 0.6 is 0 Å². The molecule has 0 bridgehead atoms. The van der Waals surface area contributed by atoms with Gasteiger partial charge in [-0.2, -0.15) is 0 Å². The average Bonchev–Trinajstić information content (AvgIpc) is 3.08. The molecule has 2 rings (SSSR count). The van der Waals surface area contributed by atoms with Crippen molar-refractivity contribution in [2.24, 2.45) is 9.98 Å². The van der Waals surface area contributed by atoms with Crippen molar-refractivity contribution in [1.82, 2.24) is 0 Å². The number of aliphatic hydroxyl groups excluding tert-OH is 1. The number of rotatable bonds is 30. The normalized spacial score (nSPS) is 12.3. The predicted molar refractivity (Wildman–Crippen MR) is 202 cm³/mol. The molecule has 0 spiro atoms. The molecule has 0 fully saturated rings. The van der Waals surface area contributed by atoms with Gasteiger partial charge in [-0.1, -0.05) is 129 Å². The third kappa shape index (κ3) is 20.3. The molecule has 0 saturated heterocycles. The number of ether oxygens (including phenoxy) is 2. The van der Waals surface area contributed by atoms with Crippen LogP contribution in [0.1, 0.15) is 153 Å². The van der Waals surface area contributed by atoms with Crippen LogP contribution in [0.4, 0.5) is 0 Å². The summed E-state index contributed by atoms with van der Waals surface area (Å²) < 4.78 is 11.6. The van der Waals surface area contributed by atoms with Crippen molar-refractivity contribution >= 4 is 12.4 Å². The molecule has 48 heavy (non-hydrogen) atoms. The summed E-state index contributed by atoms with van der Waals surface area (Å²) in [6.45, 7) is 6.08. The zero-order chi connectivity index (χ0) is 34.5. The van der Waals surface area contributed by atoms with E-state index in [1.807, 2.05) is 12.1 Å². The van der Waals surface area contributed by atoms with E-state index in [9.17, 15) is 15.3 Å². The summed E-state index contributed by atoms with van der Waals surface area (Å²) in [5, 5.41) is 31.1. The molecule has 0 saturated carbocycles. The number of aliphatic imine (C=N–C) groups is 2. The largest absolute Gasteiger partial charge is 0.507 e. The fourth-order valence-corrected chi connectivity index (χ4v) is 5.61. The molecular formula is C41H66N2O5. The number of benzene rings is 2. The van der Waals surface area contributed by atoms with Crippen molar-refractivity contribution in [2.75, 3.05) is 26.3 Å². The van der Waals surface area contributed by atoms with E-state index in [-0.39, 0.29) is 24.6 Å². The van der Waals surface area contributed by atoms with Gasteiger partial charge in [0.2, 0.25) is 0 Å². The summed E-state index contributed by atoms with van der Waals surface area (Å²) in [6.07, 6.45) is 28.0. The Bertz CT molecular complexity index is 1050. The number of aromatic hydroxyl groups is 2. The van der Waals surface area contributed by atoms with E-state index in [0.29, 0.717) is 35.8 Å². The van der Waals surface area contributed by atoms with Gasteiger partial charge < -0.3 is 24.8 Å². The van der Waals surface area contributed by atoms with Crippen LogP contribution in [0.2, 0.25) is 0 Å². The Kier molecular flexibility index (Phi) is 23.9. The lowest BCUT2D eigenvalue weighted by atomic mass is 10.1. The molecule has 0 heterocycles. The van der Waals surface area contributed by atoms with E-state index in [0.717, 1.165) is 12.8 Å². The van der Waals surface area contributed by atoms with E-state index in [4.69, 9.17) is 9.47 Å². The number of unbranched alkanes of at least 4 members (excludes halogenated alkanes) is 18. The molecule has 0 radical (unpaired) electrons. The first kappa shape index (κ1) is 41.1. The van der Waals surface area contributed by atoms with Crippen LogP contribution in [0.15, 0.2) is 46.4 Å². The lowest BCUT2D eigenvalue weighted by molar-refractivity contribution is 0.193. The van der Waals surface area contributed by atoms with Gasteiger partial charge in [0.1, 0.15) is 23.0 Å². The molecule has 2 aromatic carbocycles. The third-order valence-electron chi connectivity index (χ3n) is 8.63. The summed E-state index contributed by atoms with van der Waals surface area (Å²) in [4.78, 5) is 8.55. The first-order valence-electron chi connectivity index (χ1n) is 19.1. The van der Waals surface area contributed by atoms with E-state index in [2.05, 4.69) is 23.8 Å². The van der Waals surface area contributed by atoms with Gasteiger partial charge in [0.05, 0.1) is 32.4 Å². The number of hydrogen-bond acceptors (Lipinski definition) is 7. The fourth-order valence-electron chi connectivity index (χ4n) is 5.61. The van der Waals surface area contributed by atoms with Gasteiger partial charge in [-0.25, -0.2) is 0 Å². The van der Waals surface area contributed by atoms with Crippen molar-refractivity contribution in [3.05, 3.63) is 47.5 Å². The molecule has 0 aromatic heterocycles. The smallest absolute Gasteiger partial charge is 0.128 e. The number of aliphatic hydroxyl groups is 1. The van der Waals surface area contributed by atoms with Crippen molar-refractivity contribution < 1.29 is 24.8 Å². The molecule has 0 atom stereocenters. The fraction of sp³-hybridized carbons (Fsp3) is 0.659. The predicted octanol–water partition coefficient (Wildman–Crippen LogP) is 10.6. The van der Waals surface area contributed by atoms with Gasteiger partial charge in [0.15, 0.2) is 0 Å². The van der Waals surface area contributed by atoms with Crippen molar-refractivity contribution in [1.29, 1.82) is 0 Å². The molecule has 0 amide bonds. The molecule has 0 aliphatic rings. The van der Waals surface area contributed by atoms with Crippen LogP contribution < -0.4 is 9.47 Å². The SMILES string of the molecule is CCCCCCCCCCCCOc1ccc(C=NCC(O)CN=Cc2ccc(OCCCCCCCCCCCC)cc2O)c(O)c1. The molecule has 2 aromatic rings. The highest BCUT2D eigenvalue weighted by Gasteiger charge is 2.06. The Labute approximate surface area is 291 Å². The van der Waals surface area contributed by atoms with Crippen molar-refractivity contribution in [3.8, 4) is 23.0 Å². The van der Waals surface area contributed by atoms with E-state index >= 15 is 0 Å². The van der Waals surface area contributed by atoms with Gasteiger partial charge in [0, 0.05) is 35.7 Å². The maximum absolute atomic E-state index is 10.4. The molecule has 3 N–H and O–H groups in total. The van der Waals surface area contributed by atoms with E-state index < -0.39 is 6.10 Å². The minimum atomic E-state index is -0.783. The zero-order valence-corrected chi connectivity index (χ0v) is 30.2. The Balaban J connectivity index is 1.57. The van der Waals surface area contributed by atoms with Crippen molar-refractivity contribution in [3.63, 3.8) is 0 Å². The monoisotopic (exact) mass is 666 g/mol. The third-order valence-corrected chi connectivity index (χ3v) is 8.63. The van der Waals surface area contributed by atoms with E-state index in [1.165, 1.54) is 116 Å². The number of phenolic OH excluding ortho intramolecular Hbond substituents is 2. The van der Waals surface area contributed by atoms with Crippen molar-refractivity contribution in [2.45, 2.75) is 148 Å². The number of hydrogen-bond donors (Lipinski definition) is 3. The molecule has 7 nitrogen and oxygen atoms in total. The number of nitrogens with zero attached hydrogens (tertiary/aromatic N) is 2. The lowest BCUT2D eigenvalue weighted by Crippen LogP contribution is -2.15. The quantitative estimate of drug-likeness (QED) is 0.0568. The minimum absolute atomic E-state index is 0.0956. The lowest BCUT2D eigenvalue weighted by Gasteiger charge is -2.08. The Hall–Kier alpha value is -3.06. The maximum Gasteiger partial charge on any atom is 0.128 e. The highest BCUT2D eigenvalue weighted by Crippen LogP contribution is 2.24. The van der Waals surface area contributed by atoms with E-state index in [1.54, 1.807) is 36.7 Å². The number of phenols is 2. The highest BCUT2D eigenvalue weighted by atomic mass is 16.5. The van der Waals surface area contributed by atoms with Crippen LogP contribution in [-0.2, 0) is 0 Å². The Morgan fingerprint density at radius 2 is 0.854 bits per heavy atom. The standard InChI is InChI=1S/C41H66N2O5/c1-3-5-7-9-11-13-15-17-19-21-27-47-38-25-23-35(40(45)29-38)31-42-33-37(44)34-43-32-36-24-26-39(30-41(36)46)48-28-22-20-18-16-14-12-10-8-6-4-2/h23-26,29-32,37,44-46H,3-22,27-28,33-34H2,1-2H3. The second kappa shape index (κ2) is 27.8. The van der Waals surface area contributed by atoms with Gasteiger partial charge in [-0.05, 0) is 37.1 Å². The molecule has 0 aliphatic carbocycles. The highest BCUT2D eigenvalue weighted by molar-refractivity contribution is 5.84. The van der Waals surface area contributed by atoms with Gasteiger partial charge in [-0.15, -0.1) is 0 Å². The Morgan fingerprint density at radius 1 is 0.521 bits per heavy atom. The summed E-state index contributed by atoms with van der Waals surface area (Å²) in [5.74, 6) is 1.48. The molecule has 0 aliphatic heterocycles. The molecule has 0 unspecified atom stereocenters. The summed E-state index contributed by atoms with van der Waals surface area (Å²) in [7, 11) is 0. The second-order valence-corrected chi connectivity index (χ2v) is 13.1.